The summed E-state index contributed by atoms with van der Waals surface area (Å²) in [7, 11) is 0. The van der Waals surface area contributed by atoms with Crippen LogP contribution in [0, 0.1) is 0 Å². The van der Waals surface area contributed by atoms with Crippen LogP contribution >= 0.6 is 0 Å². The Kier molecular flexibility index (Phi) is 3.15. The number of urea groups is 1. The number of nitrogens with one attached hydrogen (secondary N) is 2. The molecule has 7 nitrogen and oxygen atoms in total. The first-order chi connectivity index (χ1) is 12.7. The van der Waals surface area contributed by atoms with Crippen molar-refractivity contribution in [2.24, 2.45) is 0 Å². The summed E-state index contributed by atoms with van der Waals surface area (Å²) in [4.78, 5) is 29.6. The van der Waals surface area contributed by atoms with Gasteiger partial charge in [-0.3, -0.25) is 4.79 Å². The van der Waals surface area contributed by atoms with Crippen LogP contribution in [-0.2, 0) is 11.2 Å². The van der Waals surface area contributed by atoms with Gasteiger partial charge in [-0.25, -0.2) is 9.69 Å². The fourth-order valence-corrected chi connectivity index (χ4v) is 3.46. The van der Waals surface area contributed by atoms with E-state index in [2.05, 4.69) is 10.3 Å². The Balaban J connectivity index is 1.42. The molecule has 1 aromatic heterocycles. The van der Waals surface area contributed by atoms with Gasteiger partial charge in [0.05, 0.1) is 5.69 Å². The summed E-state index contributed by atoms with van der Waals surface area (Å²) >= 11 is 0. The average Bonchev–Trinajstić information content (AvgIpc) is 3.34. The number of benzene rings is 2. The number of para-hydroxylation sites is 1. The van der Waals surface area contributed by atoms with Crippen LogP contribution in [0.3, 0.4) is 0 Å². The van der Waals surface area contributed by atoms with E-state index < -0.39 is 12.1 Å². The molecular weight excluding hydrogens is 334 g/mol. The van der Waals surface area contributed by atoms with Crippen molar-refractivity contribution < 1.29 is 19.1 Å². The Morgan fingerprint density at radius 1 is 1.08 bits per heavy atom. The number of carbonyl (C=O) groups excluding carboxylic acids is 2. The van der Waals surface area contributed by atoms with Gasteiger partial charge in [0.1, 0.15) is 6.04 Å². The van der Waals surface area contributed by atoms with Gasteiger partial charge in [0.15, 0.2) is 11.5 Å². The molecule has 2 aliphatic rings. The number of ether oxygens (including phenoxy) is 2. The molecule has 2 aliphatic heterocycles. The molecule has 5 rings (SSSR count). The Bertz CT molecular complexity index is 1040. The third-order valence-electron chi connectivity index (χ3n) is 4.73. The molecule has 0 radical (unpaired) electrons. The summed E-state index contributed by atoms with van der Waals surface area (Å²) in [5, 5.41) is 3.83. The lowest BCUT2D eigenvalue weighted by molar-refractivity contribution is -0.118. The van der Waals surface area contributed by atoms with Gasteiger partial charge in [-0.2, -0.15) is 0 Å². The molecule has 130 valence electrons. The van der Waals surface area contributed by atoms with E-state index in [1.165, 1.54) is 0 Å². The van der Waals surface area contributed by atoms with E-state index in [9.17, 15) is 9.59 Å². The highest BCUT2D eigenvalue weighted by atomic mass is 16.7. The molecule has 3 heterocycles. The second-order valence-electron chi connectivity index (χ2n) is 6.28. The van der Waals surface area contributed by atoms with Crippen LogP contribution in [0.1, 0.15) is 5.56 Å². The van der Waals surface area contributed by atoms with Gasteiger partial charge in [0, 0.05) is 29.6 Å². The zero-order valence-electron chi connectivity index (χ0n) is 13.7. The fraction of sp³-hybridized carbons (Fsp3) is 0.158. The van der Waals surface area contributed by atoms with E-state index in [-0.39, 0.29) is 12.7 Å². The number of H-pyrrole nitrogens is 1. The van der Waals surface area contributed by atoms with Crippen LogP contribution in [0.2, 0.25) is 0 Å². The molecule has 1 atom stereocenters. The number of aromatic amines is 1. The van der Waals surface area contributed by atoms with Gasteiger partial charge in [-0.1, -0.05) is 18.2 Å². The summed E-state index contributed by atoms with van der Waals surface area (Å²) in [6.07, 6.45) is 2.31. The van der Waals surface area contributed by atoms with Crippen molar-refractivity contribution in [3.05, 3.63) is 54.2 Å². The zero-order chi connectivity index (χ0) is 17.7. The summed E-state index contributed by atoms with van der Waals surface area (Å²) in [6.45, 7) is 0.141. The fourth-order valence-electron chi connectivity index (χ4n) is 3.46. The smallest absolute Gasteiger partial charge is 0.329 e. The molecule has 2 aromatic carbocycles. The van der Waals surface area contributed by atoms with E-state index in [1.807, 2.05) is 30.5 Å². The predicted molar refractivity (Wildman–Crippen MR) is 94.4 cm³/mol. The lowest BCUT2D eigenvalue weighted by atomic mass is 10.0. The van der Waals surface area contributed by atoms with Crippen molar-refractivity contribution in [2.45, 2.75) is 12.5 Å². The number of aromatic nitrogens is 1. The van der Waals surface area contributed by atoms with Gasteiger partial charge in [-0.05, 0) is 23.8 Å². The van der Waals surface area contributed by atoms with E-state index in [0.29, 0.717) is 23.6 Å². The van der Waals surface area contributed by atoms with Crippen molar-refractivity contribution in [3.63, 3.8) is 0 Å². The second kappa shape index (κ2) is 5.52. The number of rotatable bonds is 3. The maximum absolute atomic E-state index is 12.8. The molecule has 0 saturated carbocycles. The lowest BCUT2D eigenvalue weighted by Crippen LogP contribution is -2.32. The van der Waals surface area contributed by atoms with Crippen molar-refractivity contribution in [3.8, 4) is 11.5 Å². The molecule has 0 aliphatic carbocycles. The molecule has 2 N–H and O–H groups in total. The highest BCUT2D eigenvalue weighted by Gasteiger charge is 2.39. The number of hydrogen-bond donors (Lipinski definition) is 2. The van der Waals surface area contributed by atoms with Crippen LogP contribution in [-0.4, -0.2) is 29.8 Å². The number of fused-ring (bicyclic) bond motifs is 2. The monoisotopic (exact) mass is 349 g/mol. The van der Waals surface area contributed by atoms with Crippen molar-refractivity contribution in [1.29, 1.82) is 0 Å². The van der Waals surface area contributed by atoms with Crippen LogP contribution in [0.15, 0.2) is 48.7 Å². The highest BCUT2D eigenvalue weighted by Crippen LogP contribution is 2.36. The largest absolute Gasteiger partial charge is 0.454 e. The maximum Gasteiger partial charge on any atom is 0.329 e. The van der Waals surface area contributed by atoms with Gasteiger partial charge < -0.3 is 19.8 Å². The standard InChI is InChI=1S/C19H15N3O4/c23-18-15(7-11-9-20-14-4-2-1-3-13(11)14)21-19(24)22(18)12-5-6-16-17(8-12)26-10-25-16/h1-6,8-9,15,20H,7,10H2,(H,21,24)/t15-/m1/s1. The number of anilines is 1. The summed E-state index contributed by atoms with van der Waals surface area (Å²) < 4.78 is 10.6. The number of hydrogen-bond acceptors (Lipinski definition) is 4. The topological polar surface area (TPSA) is 83.7 Å². The minimum absolute atomic E-state index is 0.141. The molecule has 0 bridgehead atoms. The quantitative estimate of drug-likeness (QED) is 0.712. The zero-order valence-corrected chi connectivity index (χ0v) is 13.7. The van der Waals surface area contributed by atoms with Crippen LogP contribution < -0.4 is 19.7 Å². The van der Waals surface area contributed by atoms with Gasteiger partial charge in [0.25, 0.3) is 5.91 Å². The van der Waals surface area contributed by atoms with Crippen LogP contribution in [0.4, 0.5) is 10.5 Å². The Morgan fingerprint density at radius 3 is 2.85 bits per heavy atom. The first kappa shape index (κ1) is 14.8. The summed E-state index contributed by atoms with van der Waals surface area (Å²) in [5.74, 6) is 0.860. The average molecular weight is 349 g/mol. The third kappa shape index (κ3) is 2.21. The third-order valence-corrected chi connectivity index (χ3v) is 4.73. The number of imide groups is 1. The Labute approximate surface area is 148 Å². The van der Waals surface area contributed by atoms with Crippen LogP contribution in [0.25, 0.3) is 10.9 Å². The molecule has 1 fully saturated rings. The maximum atomic E-state index is 12.8. The number of amides is 3. The molecule has 0 spiro atoms. The van der Waals surface area contributed by atoms with Gasteiger partial charge >= 0.3 is 6.03 Å². The molecule has 3 aromatic rings. The van der Waals surface area contributed by atoms with E-state index >= 15 is 0 Å². The van der Waals surface area contributed by atoms with Crippen molar-refractivity contribution in [2.75, 3.05) is 11.7 Å². The van der Waals surface area contributed by atoms with Crippen molar-refractivity contribution >= 4 is 28.5 Å². The van der Waals surface area contributed by atoms with Gasteiger partial charge in [0.2, 0.25) is 6.79 Å². The first-order valence-corrected chi connectivity index (χ1v) is 8.30. The Hall–Kier alpha value is -3.48. The van der Waals surface area contributed by atoms with Crippen molar-refractivity contribution in [1.82, 2.24) is 10.3 Å². The minimum atomic E-state index is -0.605. The molecule has 26 heavy (non-hydrogen) atoms. The van der Waals surface area contributed by atoms with Crippen LogP contribution in [0.5, 0.6) is 11.5 Å². The molecule has 1 saturated heterocycles. The van der Waals surface area contributed by atoms with Gasteiger partial charge in [-0.15, -0.1) is 0 Å². The molecule has 7 heteroatoms. The SMILES string of the molecule is O=C1N[C@H](Cc2c[nH]c3ccccc23)C(=O)N1c1ccc2c(c1)OCO2. The number of carbonyl (C=O) groups is 2. The summed E-state index contributed by atoms with van der Waals surface area (Å²) in [5.41, 5.74) is 2.47. The molecular formula is C19H15N3O4. The number of nitrogens with zero attached hydrogens (tertiary/aromatic N) is 1. The molecule has 3 amide bonds. The first-order valence-electron chi connectivity index (χ1n) is 8.30. The highest BCUT2D eigenvalue weighted by molar-refractivity contribution is 6.21. The Morgan fingerprint density at radius 2 is 1.92 bits per heavy atom. The van der Waals surface area contributed by atoms with E-state index in [0.717, 1.165) is 21.4 Å². The second-order valence-corrected chi connectivity index (χ2v) is 6.28. The molecule has 0 unspecified atom stereocenters. The minimum Gasteiger partial charge on any atom is -0.454 e. The van der Waals surface area contributed by atoms with E-state index in [1.54, 1.807) is 18.2 Å². The normalized spacial score (nSPS) is 18.6. The summed E-state index contributed by atoms with van der Waals surface area (Å²) in [6, 6.07) is 11.9. The lowest BCUT2D eigenvalue weighted by Gasteiger charge is -2.13. The van der Waals surface area contributed by atoms with E-state index in [4.69, 9.17) is 9.47 Å². The predicted octanol–water partition coefficient (Wildman–Crippen LogP) is 2.56.